The Morgan fingerprint density at radius 1 is 0.873 bits per heavy atom. The highest BCUT2D eigenvalue weighted by atomic mass is 19.1. The smallest absolute Gasteiger partial charge is 0.317 e. The lowest BCUT2D eigenvalue weighted by Crippen LogP contribution is -2.49. The minimum absolute atomic E-state index is 0.00564. The highest BCUT2D eigenvalue weighted by Gasteiger charge is 2.26. The van der Waals surface area contributed by atoms with E-state index < -0.39 is 24.1 Å². The van der Waals surface area contributed by atoms with Crippen molar-refractivity contribution in [3.63, 3.8) is 0 Å². The predicted molar refractivity (Wildman–Crippen MR) is 199 cm³/mol. The topological polar surface area (TPSA) is 258 Å². The summed E-state index contributed by atoms with van der Waals surface area (Å²) in [5.74, 6) is -2.85. The fourth-order valence-corrected chi connectivity index (χ4v) is 6.16. The van der Waals surface area contributed by atoms with E-state index in [9.17, 15) is 38.9 Å². The van der Waals surface area contributed by atoms with E-state index in [2.05, 4.69) is 30.9 Å². The highest BCUT2D eigenvalue weighted by Crippen LogP contribution is 2.26. The number of carbonyl (C=O) groups excluding carboxylic acids is 1. The largest absolute Gasteiger partial charge is 0.480 e. The van der Waals surface area contributed by atoms with Crippen molar-refractivity contribution < 1.29 is 43.6 Å². The van der Waals surface area contributed by atoms with E-state index in [1.54, 1.807) is 43.7 Å². The maximum Gasteiger partial charge on any atom is 0.317 e. The molecule has 1 amide bonds. The first-order chi connectivity index (χ1) is 26.3. The van der Waals surface area contributed by atoms with Crippen molar-refractivity contribution in [3.8, 4) is 0 Å². The fourth-order valence-electron chi connectivity index (χ4n) is 6.16. The molecule has 304 valence electrons. The predicted octanol–water partition coefficient (Wildman–Crippen LogP) is -1.64. The molecule has 2 fully saturated rings. The Balaban J connectivity index is 1.32. The number of hydrogen-bond donors (Lipinski definition) is 7. The number of alkyl halides is 1. The normalized spacial score (nSPS) is 18.7. The van der Waals surface area contributed by atoms with Gasteiger partial charge in [-0.25, -0.2) is 9.37 Å². The van der Waals surface area contributed by atoms with Gasteiger partial charge in [0.1, 0.15) is 11.9 Å². The number of carbonyl (C=O) groups is 4. The zero-order valence-corrected chi connectivity index (χ0v) is 31.2. The summed E-state index contributed by atoms with van der Waals surface area (Å²) in [6.07, 6.45) is 3.08. The number of aryl methyl sites for hydroxylation is 1. The van der Waals surface area contributed by atoms with Crippen LogP contribution in [0.15, 0.2) is 18.2 Å². The molecule has 55 heavy (non-hydrogen) atoms. The molecule has 2 aromatic rings. The molecule has 0 bridgehead atoms. The number of imidazole rings is 1. The minimum atomic E-state index is -1.03. The average Bonchev–Trinajstić information content (AvgIpc) is 3.74. The standard InChI is InChI=1S/C33H52FN13O8/c1-42-22-38-29-31(40-33(41-32(29)42)47-7-4-23(34)17-47)39-24(30(35)55-2)16-36-5-3-6-37-25(48)18-43-8-10-44(19-26(49)50)12-14-46(21-28(53)54)15-13-45(11-9-43)20-27(51)52/h16,22-23,35-36H,3-15,17-21H2,1-2H3,(H,37,48)(H,49,50)(H,51,52)(H,53,54)(H,39,40,41)/b24-16+,35-30?. The second kappa shape index (κ2) is 21.0. The molecule has 2 aromatic heterocycles. The fraction of sp³-hybridized carbons (Fsp3) is 0.636. The van der Waals surface area contributed by atoms with Crippen molar-refractivity contribution >= 4 is 52.6 Å². The Kier molecular flexibility index (Phi) is 16.3. The van der Waals surface area contributed by atoms with Gasteiger partial charge in [-0.05, 0) is 12.8 Å². The number of rotatable bonds is 17. The summed E-state index contributed by atoms with van der Waals surface area (Å²) in [4.78, 5) is 69.7. The van der Waals surface area contributed by atoms with Crippen molar-refractivity contribution in [1.82, 2.24) is 49.8 Å². The molecule has 22 heteroatoms. The van der Waals surface area contributed by atoms with Crippen LogP contribution in [0.25, 0.3) is 11.2 Å². The molecule has 0 aromatic carbocycles. The van der Waals surface area contributed by atoms with Crippen LogP contribution in [0.4, 0.5) is 16.2 Å². The van der Waals surface area contributed by atoms with Gasteiger partial charge in [0.25, 0.3) is 0 Å². The van der Waals surface area contributed by atoms with Crippen molar-refractivity contribution in [2.24, 2.45) is 7.05 Å². The van der Waals surface area contributed by atoms with Gasteiger partial charge in [0.05, 0.1) is 46.2 Å². The van der Waals surface area contributed by atoms with Crippen LogP contribution in [-0.4, -0.2) is 202 Å². The number of carboxylic acid groups (broad SMARTS) is 3. The summed E-state index contributed by atoms with van der Waals surface area (Å²) >= 11 is 0. The van der Waals surface area contributed by atoms with Gasteiger partial charge < -0.3 is 45.5 Å². The first kappa shape index (κ1) is 42.6. The second-order valence-electron chi connectivity index (χ2n) is 13.4. The summed E-state index contributed by atoms with van der Waals surface area (Å²) in [6, 6.07) is 0. The van der Waals surface area contributed by atoms with E-state index in [4.69, 9.17) is 10.1 Å². The van der Waals surface area contributed by atoms with Crippen LogP contribution in [0, 0.1) is 5.41 Å². The molecule has 4 rings (SSSR count). The van der Waals surface area contributed by atoms with E-state index in [-0.39, 0.29) is 76.4 Å². The number of nitrogens with zero attached hydrogens (tertiary/aromatic N) is 9. The first-order valence-electron chi connectivity index (χ1n) is 18.0. The van der Waals surface area contributed by atoms with E-state index in [0.29, 0.717) is 81.6 Å². The molecule has 1 unspecified atom stereocenters. The van der Waals surface area contributed by atoms with Crippen molar-refractivity contribution in [1.29, 1.82) is 5.41 Å². The minimum Gasteiger partial charge on any atom is -0.480 e. The Hall–Kier alpha value is -5.19. The molecule has 2 saturated heterocycles. The summed E-state index contributed by atoms with van der Waals surface area (Å²) in [5.41, 5.74) is 1.25. The van der Waals surface area contributed by atoms with Crippen LogP contribution in [0.3, 0.4) is 0 Å². The quantitative estimate of drug-likeness (QED) is 0.0540. The maximum atomic E-state index is 14.0. The van der Waals surface area contributed by atoms with Crippen molar-refractivity contribution in [2.45, 2.75) is 19.0 Å². The zero-order chi connectivity index (χ0) is 39.9. The lowest BCUT2D eigenvalue weighted by atomic mass is 10.3. The lowest BCUT2D eigenvalue weighted by Gasteiger charge is -2.32. The molecule has 0 aliphatic carbocycles. The number of halogens is 1. The monoisotopic (exact) mass is 777 g/mol. The highest BCUT2D eigenvalue weighted by molar-refractivity contribution is 5.96. The number of carboxylic acids is 3. The number of anilines is 2. The molecule has 4 heterocycles. The van der Waals surface area contributed by atoms with E-state index in [0.717, 1.165) is 0 Å². The molecule has 0 radical (unpaired) electrons. The van der Waals surface area contributed by atoms with E-state index >= 15 is 0 Å². The third kappa shape index (κ3) is 13.9. The molecule has 7 N–H and O–H groups in total. The Labute approximate surface area is 317 Å². The Morgan fingerprint density at radius 3 is 1.91 bits per heavy atom. The molecule has 0 saturated carbocycles. The average molecular weight is 778 g/mol. The van der Waals surface area contributed by atoms with Gasteiger partial charge in [0.15, 0.2) is 17.0 Å². The van der Waals surface area contributed by atoms with Crippen LogP contribution in [0.5, 0.6) is 0 Å². The van der Waals surface area contributed by atoms with E-state index in [1.807, 2.05) is 4.90 Å². The van der Waals surface area contributed by atoms with Crippen molar-refractivity contribution in [2.75, 3.05) is 122 Å². The summed E-state index contributed by atoms with van der Waals surface area (Å²) in [6.45, 7) is 3.07. The van der Waals surface area contributed by atoms with Gasteiger partial charge in [-0.2, -0.15) is 9.97 Å². The molecule has 2 aliphatic rings. The van der Waals surface area contributed by atoms with Crippen LogP contribution >= 0.6 is 0 Å². The number of ether oxygens (including phenoxy) is 1. The zero-order valence-electron chi connectivity index (χ0n) is 31.2. The number of hydrogen-bond acceptors (Lipinski definition) is 16. The molecule has 1 atom stereocenters. The number of amides is 1. The third-order valence-corrected chi connectivity index (χ3v) is 9.10. The number of methoxy groups -OCH3 is 1. The van der Waals surface area contributed by atoms with E-state index in [1.165, 1.54) is 7.11 Å². The van der Waals surface area contributed by atoms with Crippen molar-refractivity contribution in [3.05, 3.63) is 18.2 Å². The summed E-state index contributed by atoms with van der Waals surface area (Å²) < 4.78 is 20.9. The second-order valence-corrected chi connectivity index (χ2v) is 13.4. The number of aromatic nitrogens is 4. The third-order valence-electron chi connectivity index (χ3n) is 9.10. The SMILES string of the molecule is COC(=N)/C(=C\NCCCNC(=O)CN1CCN(CC(=O)O)CCN(CC(=O)O)CCN(CC(=O)O)CC1)Nc1nc(N2CCC(F)C2)nc2c1ncn2C. The van der Waals surface area contributed by atoms with Crippen LogP contribution in [0.2, 0.25) is 0 Å². The lowest BCUT2D eigenvalue weighted by molar-refractivity contribution is -0.140. The molecular weight excluding hydrogens is 725 g/mol. The number of nitrogens with one attached hydrogen (secondary N) is 4. The Morgan fingerprint density at radius 2 is 1.42 bits per heavy atom. The molecule has 2 aliphatic heterocycles. The van der Waals surface area contributed by atoms with Crippen LogP contribution in [-0.2, 0) is 31.0 Å². The Bertz CT molecular complexity index is 1640. The maximum absolute atomic E-state index is 14.0. The van der Waals surface area contributed by atoms with Gasteiger partial charge in [-0.3, -0.25) is 44.2 Å². The molecular formula is C33H52FN13O8. The van der Waals surface area contributed by atoms with Gasteiger partial charge in [0.2, 0.25) is 17.8 Å². The van der Waals surface area contributed by atoms with Gasteiger partial charge >= 0.3 is 17.9 Å². The van der Waals surface area contributed by atoms with Crippen LogP contribution < -0.4 is 20.9 Å². The summed E-state index contributed by atoms with van der Waals surface area (Å²) in [5, 5.41) is 45.7. The van der Waals surface area contributed by atoms with Crippen LogP contribution in [0.1, 0.15) is 12.8 Å². The molecule has 0 spiro atoms. The molecule has 21 nitrogen and oxygen atoms in total. The number of fused-ring (bicyclic) bond motifs is 1. The van der Waals surface area contributed by atoms with Gasteiger partial charge in [-0.1, -0.05) is 0 Å². The number of aliphatic carboxylic acids is 3. The van der Waals surface area contributed by atoms with Gasteiger partial charge in [-0.15, -0.1) is 0 Å². The van der Waals surface area contributed by atoms with Gasteiger partial charge in [0, 0.05) is 85.2 Å². The first-order valence-corrected chi connectivity index (χ1v) is 18.0. The summed E-state index contributed by atoms with van der Waals surface area (Å²) in [7, 11) is 3.15.